The fourth-order valence-electron chi connectivity index (χ4n) is 3.93. The van der Waals surface area contributed by atoms with Crippen LogP contribution in [0.1, 0.15) is 44.4 Å². The molecule has 0 atom stereocenters. The van der Waals surface area contributed by atoms with Crippen LogP contribution in [-0.2, 0) is 12.8 Å². The summed E-state index contributed by atoms with van der Waals surface area (Å²) in [6.07, 6.45) is 1.45. The number of nitrogens with zero attached hydrogens (tertiary/aromatic N) is 3. The van der Waals surface area contributed by atoms with Crippen molar-refractivity contribution >= 4 is 11.4 Å². The van der Waals surface area contributed by atoms with Crippen LogP contribution in [0, 0.1) is 12.7 Å². The molecule has 0 saturated heterocycles. The molecule has 0 saturated carbocycles. The highest BCUT2D eigenvalue weighted by Crippen LogP contribution is 2.31. The number of hydrogen-bond acceptors (Lipinski definition) is 4. The summed E-state index contributed by atoms with van der Waals surface area (Å²) in [4.78, 5) is 11.3. The predicted octanol–water partition coefficient (Wildman–Crippen LogP) is 6.00. The summed E-state index contributed by atoms with van der Waals surface area (Å²) in [5.74, 6) is -0.897. The minimum absolute atomic E-state index is 0.301. The minimum Gasteiger partial charge on any atom is -0.505 e. The lowest BCUT2D eigenvalue weighted by Gasteiger charge is -2.17. The maximum atomic E-state index is 14.0. The van der Waals surface area contributed by atoms with Crippen LogP contribution in [-0.4, -0.2) is 48.1 Å². The largest absolute Gasteiger partial charge is 0.505 e. The molecule has 0 aromatic heterocycles. The van der Waals surface area contributed by atoms with E-state index in [9.17, 15) is 9.50 Å². The standard InChI is InChI=1S/C27H36FN3O/c1-8-22-14-27(32)26(28)15-25(22)24-11-10-23(18(3)12-24)13-19(4)30-21(6)17-31(7)16-20(5)29-9-2/h10-12,14-15,32H,6,8-9,13,16-17H2,1-5,7H3/b29-20+,30-19+. The van der Waals surface area contributed by atoms with E-state index in [-0.39, 0.29) is 5.75 Å². The van der Waals surface area contributed by atoms with Gasteiger partial charge in [0.2, 0.25) is 0 Å². The fraction of sp³-hybridized carbons (Fsp3) is 0.407. The molecule has 0 amide bonds. The molecule has 0 fully saturated rings. The number of aromatic hydroxyl groups is 1. The lowest BCUT2D eigenvalue weighted by Crippen LogP contribution is -2.26. The minimum atomic E-state index is -0.596. The molecule has 0 bridgehead atoms. The topological polar surface area (TPSA) is 48.2 Å². The van der Waals surface area contributed by atoms with Crippen LogP contribution in [0.2, 0.25) is 0 Å². The first-order chi connectivity index (χ1) is 15.1. The Kier molecular flexibility index (Phi) is 9.33. The van der Waals surface area contributed by atoms with Crippen LogP contribution >= 0.6 is 0 Å². The molecule has 0 aliphatic carbocycles. The first-order valence-electron chi connectivity index (χ1n) is 11.2. The Balaban J connectivity index is 2.12. The highest BCUT2D eigenvalue weighted by molar-refractivity contribution is 5.86. The smallest absolute Gasteiger partial charge is 0.165 e. The number of halogens is 1. The van der Waals surface area contributed by atoms with Crippen molar-refractivity contribution in [1.29, 1.82) is 0 Å². The van der Waals surface area contributed by atoms with Gasteiger partial charge in [0, 0.05) is 43.2 Å². The van der Waals surface area contributed by atoms with Crippen molar-refractivity contribution in [3.63, 3.8) is 0 Å². The Hall–Kier alpha value is -2.79. The van der Waals surface area contributed by atoms with Crippen molar-refractivity contribution < 1.29 is 9.50 Å². The van der Waals surface area contributed by atoms with Crippen molar-refractivity contribution in [3.8, 4) is 16.9 Å². The second-order valence-electron chi connectivity index (χ2n) is 8.43. The van der Waals surface area contributed by atoms with Crippen LogP contribution in [0.5, 0.6) is 5.75 Å². The van der Waals surface area contributed by atoms with Gasteiger partial charge < -0.3 is 5.11 Å². The molecule has 2 aromatic rings. The number of phenols is 1. The highest BCUT2D eigenvalue weighted by Gasteiger charge is 2.12. The van der Waals surface area contributed by atoms with Gasteiger partial charge in [-0.1, -0.05) is 31.7 Å². The molecule has 32 heavy (non-hydrogen) atoms. The van der Waals surface area contributed by atoms with Crippen molar-refractivity contribution in [2.24, 2.45) is 9.98 Å². The number of rotatable bonds is 10. The van der Waals surface area contributed by atoms with E-state index >= 15 is 0 Å². The molecule has 0 aliphatic rings. The summed E-state index contributed by atoms with van der Waals surface area (Å²) in [5, 5.41) is 9.69. The Morgan fingerprint density at radius 3 is 2.41 bits per heavy atom. The van der Waals surface area contributed by atoms with Crippen molar-refractivity contribution in [2.45, 2.75) is 47.5 Å². The SMILES string of the molecule is C=C(CN(C)C/C(C)=N/CC)/N=C(\C)Cc1ccc(-c2cc(F)c(O)cc2CC)cc1C. The lowest BCUT2D eigenvalue weighted by atomic mass is 9.93. The number of aryl methyl sites for hydroxylation is 2. The molecule has 0 unspecified atom stereocenters. The Labute approximate surface area is 192 Å². The third kappa shape index (κ3) is 7.13. The van der Waals surface area contributed by atoms with E-state index in [0.29, 0.717) is 6.54 Å². The van der Waals surface area contributed by atoms with Gasteiger partial charge in [-0.15, -0.1) is 0 Å². The summed E-state index contributed by atoms with van der Waals surface area (Å²) >= 11 is 0. The normalized spacial score (nSPS) is 12.5. The quantitative estimate of drug-likeness (QED) is 0.464. The van der Waals surface area contributed by atoms with Gasteiger partial charge in [-0.3, -0.25) is 14.9 Å². The lowest BCUT2D eigenvalue weighted by molar-refractivity contribution is 0.412. The first kappa shape index (κ1) is 25.5. The van der Waals surface area contributed by atoms with E-state index in [1.165, 1.54) is 17.7 Å². The summed E-state index contributed by atoms with van der Waals surface area (Å²) in [5.41, 5.74) is 7.94. The molecular formula is C27H36FN3O. The van der Waals surface area contributed by atoms with Crippen molar-refractivity contribution in [1.82, 2.24) is 4.90 Å². The van der Waals surface area contributed by atoms with Crippen LogP contribution < -0.4 is 0 Å². The van der Waals surface area contributed by atoms with Gasteiger partial charge in [0.15, 0.2) is 11.6 Å². The Morgan fingerprint density at radius 2 is 1.78 bits per heavy atom. The average molecular weight is 438 g/mol. The van der Waals surface area contributed by atoms with Crippen molar-refractivity contribution in [2.75, 3.05) is 26.7 Å². The Morgan fingerprint density at radius 1 is 1.06 bits per heavy atom. The second-order valence-corrected chi connectivity index (χ2v) is 8.43. The summed E-state index contributed by atoms with van der Waals surface area (Å²) in [6.45, 7) is 16.6. The van der Waals surface area contributed by atoms with Gasteiger partial charge in [-0.05, 0) is 81.1 Å². The van der Waals surface area contributed by atoms with E-state index < -0.39 is 5.82 Å². The number of hydrogen-bond donors (Lipinski definition) is 1. The molecule has 0 aliphatic heterocycles. The van der Waals surface area contributed by atoms with E-state index in [1.807, 2.05) is 40.8 Å². The molecule has 0 heterocycles. The number of phenolic OH excluding ortho intramolecular Hbond substituents is 1. The second kappa shape index (κ2) is 11.7. The third-order valence-corrected chi connectivity index (χ3v) is 5.38. The fourth-order valence-corrected chi connectivity index (χ4v) is 3.93. The van der Waals surface area contributed by atoms with Gasteiger partial charge in [0.25, 0.3) is 0 Å². The van der Waals surface area contributed by atoms with Gasteiger partial charge in [0.05, 0.1) is 0 Å². The van der Waals surface area contributed by atoms with Crippen LogP contribution in [0.4, 0.5) is 4.39 Å². The molecule has 5 heteroatoms. The van der Waals surface area contributed by atoms with Crippen LogP contribution in [0.25, 0.3) is 11.1 Å². The summed E-state index contributed by atoms with van der Waals surface area (Å²) in [6, 6.07) is 9.10. The number of benzene rings is 2. The molecule has 2 rings (SSSR count). The highest BCUT2D eigenvalue weighted by atomic mass is 19.1. The first-order valence-corrected chi connectivity index (χ1v) is 11.2. The summed E-state index contributed by atoms with van der Waals surface area (Å²) < 4.78 is 14.0. The number of likely N-dealkylation sites (N-methyl/N-ethyl adjacent to an activating group) is 1. The van der Waals surface area contributed by atoms with Gasteiger partial charge >= 0.3 is 0 Å². The molecular weight excluding hydrogens is 401 g/mol. The maximum absolute atomic E-state index is 14.0. The summed E-state index contributed by atoms with van der Waals surface area (Å²) in [7, 11) is 2.05. The van der Waals surface area contributed by atoms with Crippen LogP contribution in [0.3, 0.4) is 0 Å². The van der Waals surface area contributed by atoms with E-state index in [0.717, 1.165) is 65.3 Å². The zero-order valence-electron chi connectivity index (χ0n) is 20.3. The van der Waals surface area contributed by atoms with Gasteiger partial charge in [-0.2, -0.15) is 0 Å². The maximum Gasteiger partial charge on any atom is 0.165 e. The van der Waals surface area contributed by atoms with E-state index in [4.69, 9.17) is 4.99 Å². The molecule has 4 nitrogen and oxygen atoms in total. The van der Waals surface area contributed by atoms with Crippen molar-refractivity contribution in [3.05, 3.63) is 65.1 Å². The van der Waals surface area contributed by atoms with E-state index in [1.54, 1.807) is 0 Å². The molecule has 1 N–H and O–H groups in total. The van der Waals surface area contributed by atoms with E-state index in [2.05, 4.69) is 35.5 Å². The third-order valence-electron chi connectivity index (χ3n) is 5.38. The molecule has 0 spiro atoms. The van der Waals surface area contributed by atoms with Gasteiger partial charge in [-0.25, -0.2) is 4.39 Å². The number of aliphatic imine (C=N–C) groups is 2. The Bertz CT molecular complexity index is 1020. The molecule has 172 valence electrons. The molecule has 2 aromatic carbocycles. The zero-order chi connectivity index (χ0) is 23.8. The van der Waals surface area contributed by atoms with Crippen LogP contribution in [0.15, 0.2) is 52.6 Å². The molecule has 0 radical (unpaired) electrons. The zero-order valence-corrected chi connectivity index (χ0v) is 20.3. The monoisotopic (exact) mass is 437 g/mol. The van der Waals surface area contributed by atoms with Gasteiger partial charge in [0.1, 0.15) is 0 Å². The average Bonchev–Trinajstić information content (AvgIpc) is 2.70. The predicted molar refractivity (Wildman–Crippen MR) is 135 cm³/mol.